The Hall–Kier alpha value is -1.51. The van der Waals surface area contributed by atoms with Gasteiger partial charge in [-0.3, -0.25) is 0 Å². The van der Waals surface area contributed by atoms with Crippen LogP contribution in [0.4, 0.5) is 5.69 Å². The van der Waals surface area contributed by atoms with E-state index in [0.29, 0.717) is 11.3 Å². The standard InChI is InChI=1S/C11H15NO2/c1-4-8-5-6-9(11(13)14-3)10(12)7(8)2/h5-6H,4,12H2,1-3H3. The molecule has 0 heterocycles. The number of rotatable bonds is 2. The minimum absolute atomic E-state index is 0.381. The van der Waals surface area contributed by atoms with E-state index < -0.39 is 0 Å². The van der Waals surface area contributed by atoms with Crippen LogP contribution in [0.15, 0.2) is 12.1 Å². The lowest BCUT2D eigenvalue weighted by Crippen LogP contribution is -2.08. The first-order chi connectivity index (χ1) is 6.61. The lowest BCUT2D eigenvalue weighted by atomic mass is 10.0. The van der Waals surface area contributed by atoms with Gasteiger partial charge in [0.25, 0.3) is 0 Å². The number of nitrogens with two attached hydrogens (primary N) is 1. The van der Waals surface area contributed by atoms with Crippen LogP contribution in [0.5, 0.6) is 0 Å². The molecule has 0 aliphatic carbocycles. The summed E-state index contributed by atoms with van der Waals surface area (Å²) in [5.41, 5.74) is 8.94. The molecule has 14 heavy (non-hydrogen) atoms. The monoisotopic (exact) mass is 193 g/mol. The van der Waals surface area contributed by atoms with Crippen molar-refractivity contribution in [3.05, 3.63) is 28.8 Å². The summed E-state index contributed by atoms with van der Waals surface area (Å²) >= 11 is 0. The van der Waals surface area contributed by atoms with E-state index in [1.165, 1.54) is 7.11 Å². The number of ether oxygens (including phenoxy) is 1. The third-order valence-electron chi connectivity index (χ3n) is 2.41. The molecule has 0 aromatic heterocycles. The molecule has 3 heteroatoms. The van der Waals surface area contributed by atoms with Gasteiger partial charge in [0.05, 0.1) is 12.7 Å². The zero-order valence-electron chi connectivity index (χ0n) is 8.76. The van der Waals surface area contributed by atoms with Crippen LogP contribution in [0.3, 0.4) is 0 Å². The Morgan fingerprint density at radius 3 is 2.64 bits per heavy atom. The maximum absolute atomic E-state index is 11.3. The van der Waals surface area contributed by atoms with E-state index in [1.54, 1.807) is 6.07 Å². The van der Waals surface area contributed by atoms with Gasteiger partial charge < -0.3 is 10.5 Å². The molecule has 0 amide bonds. The zero-order valence-corrected chi connectivity index (χ0v) is 8.76. The highest BCUT2D eigenvalue weighted by Gasteiger charge is 2.12. The SMILES string of the molecule is CCc1ccc(C(=O)OC)c(N)c1C. The van der Waals surface area contributed by atoms with E-state index in [1.807, 2.05) is 13.0 Å². The van der Waals surface area contributed by atoms with Gasteiger partial charge in [0.1, 0.15) is 0 Å². The Morgan fingerprint density at radius 2 is 2.14 bits per heavy atom. The van der Waals surface area contributed by atoms with E-state index >= 15 is 0 Å². The molecule has 1 aromatic carbocycles. The average molecular weight is 193 g/mol. The van der Waals surface area contributed by atoms with Gasteiger partial charge in [-0.2, -0.15) is 0 Å². The van der Waals surface area contributed by atoms with Gasteiger partial charge in [0, 0.05) is 5.69 Å². The second-order valence-corrected chi connectivity index (χ2v) is 3.16. The summed E-state index contributed by atoms with van der Waals surface area (Å²) in [5.74, 6) is -0.381. The number of hydrogen-bond donors (Lipinski definition) is 1. The number of carbonyl (C=O) groups is 1. The number of anilines is 1. The van der Waals surface area contributed by atoms with Crippen LogP contribution in [-0.4, -0.2) is 13.1 Å². The van der Waals surface area contributed by atoms with Crippen molar-refractivity contribution in [3.63, 3.8) is 0 Å². The normalized spacial score (nSPS) is 9.93. The van der Waals surface area contributed by atoms with Crippen LogP contribution >= 0.6 is 0 Å². The molecule has 2 N–H and O–H groups in total. The first-order valence-corrected chi connectivity index (χ1v) is 4.58. The highest BCUT2D eigenvalue weighted by atomic mass is 16.5. The molecule has 1 aromatic rings. The Bertz CT molecular complexity index is 359. The highest BCUT2D eigenvalue weighted by Crippen LogP contribution is 2.21. The molecular weight excluding hydrogens is 178 g/mol. The number of nitrogen functional groups attached to an aromatic ring is 1. The molecule has 0 atom stereocenters. The molecule has 0 radical (unpaired) electrons. The second kappa shape index (κ2) is 4.13. The minimum atomic E-state index is -0.381. The quantitative estimate of drug-likeness (QED) is 0.576. The van der Waals surface area contributed by atoms with E-state index in [4.69, 9.17) is 5.73 Å². The number of carbonyl (C=O) groups excluding carboxylic acids is 1. The summed E-state index contributed by atoms with van der Waals surface area (Å²) in [7, 11) is 1.35. The van der Waals surface area contributed by atoms with Crippen LogP contribution in [0.1, 0.15) is 28.4 Å². The summed E-state index contributed by atoms with van der Waals surface area (Å²) in [4.78, 5) is 11.3. The van der Waals surface area contributed by atoms with Crippen molar-refractivity contribution in [2.75, 3.05) is 12.8 Å². The van der Waals surface area contributed by atoms with Crippen molar-refractivity contribution in [2.24, 2.45) is 0 Å². The predicted octanol–water partition coefficient (Wildman–Crippen LogP) is 1.93. The summed E-state index contributed by atoms with van der Waals surface area (Å²) in [6.07, 6.45) is 0.914. The minimum Gasteiger partial charge on any atom is -0.465 e. The van der Waals surface area contributed by atoms with Crippen molar-refractivity contribution in [1.82, 2.24) is 0 Å². The van der Waals surface area contributed by atoms with Crippen molar-refractivity contribution >= 4 is 11.7 Å². The third kappa shape index (κ3) is 1.71. The molecule has 0 saturated carbocycles. The topological polar surface area (TPSA) is 52.3 Å². The fourth-order valence-electron chi connectivity index (χ4n) is 1.44. The number of hydrogen-bond acceptors (Lipinski definition) is 3. The van der Waals surface area contributed by atoms with Crippen molar-refractivity contribution < 1.29 is 9.53 Å². The molecular formula is C11H15NO2. The fourth-order valence-corrected chi connectivity index (χ4v) is 1.44. The first kappa shape index (κ1) is 10.6. The second-order valence-electron chi connectivity index (χ2n) is 3.16. The maximum atomic E-state index is 11.3. The molecule has 0 aliphatic rings. The van der Waals surface area contributed by atoms with Crippen LogP contribution in [0, 0.1) is 6.92 Å². The largest absolute Gasteiger partial charge is 0.465 e. The van der Waals surface area contributed by atoms with Gasteiger partial charge in [0.15, 0.2) is 0 Å². The van der Waals surface area contributed by atoms with Gasteiger partial charge >= 0.3 is 5.97 Å². The van der Waals surface area contributed by atoms with Gasteiger partial charge in [-0.05, 0) is 30.5 Å². The zero-order chi connectivity index (χ0) is 10.7. The van der Waals surface area contributed by atoms with E-state index in [2.05, 4.69) is 11.7 Å². The third-order valence-corrected chi connectivity index (χ3v) is 2.41. The van der Waals surface area contributed by atoms with Crippen LogP contribution in [0.2, 0.25) is 0 Å². The van der Waals surface area contributed by atoms with Crippen molar-refractivity contribution in [3.8, 4) is 0 Å². The number of benzene rings is 1. The molecule has 1 rings (SSSR count). The van der Waals surface area contributed by atoms with Crippen molar-refractivity contribution in [2.45, 2.75) is 20.3 Å². The molecule has 3 nitrogen and oxygen atoms in total. The maximum Gasteiger partial charge on any atom is 0.339 e. The van der Waals surface area contributed by atoms with E-state index in [9.17, 15) is 4.79 Å². The summed E-state index contributed by atoms with van der Waals surface area (Å²) in [6, 6.07) is 3.63. The summed E-state index contributed by atoms with van der Waals surface area (Å²) in [6.45, 7) is 3.97. The van der Waals surface area contributed by atoms with Crippen LogP contribution < -0.4 is 5.73 Å². The summed E-state index contributed by atoms with van der Waals surface area (Å²) < 4.78 is 4.63. The molecule has 0 bridgehead atoms. The van der Waals surface area contributed by atoms with Gasteiger partial charge in [-0.25, -0.2) is 4.79 Å². The van der Waals surface area contributed by atoms with Gasteiger partial charge in [0.2, 0.25) is 0 Å². The van der Waals surface area contributed by atoms with Crippen LogP contribution in [-0.2, 0) is 11.2 Å². The fraction of sp³-hybridized carbons (Fsp3) is 0.364. The molecule has 0 aliphatic heterocycles. The predicted molar refractivity (Wildman–Crippen MR) is 56.3 cm³/mol. The Labute approximate surface area is 83.9 Å². The number of methoxy groups -OCH3 is 1. The van der Waals surface area contributed by atoms with Gasteiger partial charge in [-0.1, -0.05) is 13.0 Å². The highest BCUT2D eigenvalue weighted by molar-refractivity contribution is 5.95. The number of esters is 1. The molecule has 0 unspecified atom stereocenters. The molecule has 76 valence electrons. The lowest BCUT2D eigenvalue weighted by Gasteiger charge is -2.10. The number of aryl methyl sites for hydroxylation is 1. The Kier molecular flexibility index (Phi) is 3.12. The lowest BCUT2D eigenvalue weighted by molar-refractivity contribution is 0.0602. The van der Waals surface area contributed by atoms with Crippen molar-refractivity contribution in [1.29, 1.82) is 0 Å². The molecule has 0 spiro atoms. The Morgan fingerprint density at radius 1 is 1.50 bits per heavy atom. The van der Waals surface area contributed by atoms with Crippen LogP contribution in [0.25, 0.3) is 0 Å². The smallest absolute Gasteiger partial charge is 0.339 e. The van der Waals surface area contributed by atoms with Gasteiger partial charge in [-0.15, -0.1) is 0 Å². The average Bonchev–Trinajstić information content (AvgIpc) is 2.21. The first-order valence-electron chi connectivity index (χ1n) is 4.58. The molecule has 0 saturated heterocycles. The van der Waals surface area contributed by atoms with E-state index in [-0.39, 0.29) is 5.97 Å². The van der Waals surface area contributed by atoms with E-state index in [0.717, 1.165) is 17.5 Å². The molecule has 0 fully saturated rings. The summed E-state index contributed by atoms with van der Waals surface area (Å²) in [5, 5.41) is 0. The Balaban J connectivity index is 3.24.